The second-order valence-electron chi connectivity index (χ2n) is 5.98. The lowest BCUT2D eigenvalue weighted by Crippen LogP contribution is -2.39. The van der Waals surface area contributed by atoms with Crippen LogP contribution in [0.1, 0.15) is 41.8 Å². The monoisotopic (exact) mass is 285 g/mol. The predicted molar refractivity (Wildman–Crippen MR) is 83.0 cm³/mol. The minimum absolute atomic E-state index is 0.385. The van der Waals surface area contributed by atoms with Crippen LogP contribution < -0.4 is 5.73 Å². The van der Waals surface area contributed by atoms with Gasteiger partial charge < -0.3 is 10.8 Å². The van der Waals surface area contributed by atoms with E-state index in [-0.39, 0.29) is 5.41 Å². The molecule has 0 bridgehead atoms. The highest BCUT2D eigenvalue weighted by Gasteiger charge is 2.45. The summed E-state index contributed by atoms with van der Waals surface area (Å²) >= 11 is 0. The van der Waals surface area contributed by atoms with E-state index in [1.54, 1.807) is 4.68 Å². The Morgan fingerprint density at radius 2 is 2.19 bits per heavy atom. The van der Waals surface area contributed by atoms with E-state index in [0.717, 1.165) is 30.5 Å². The molecule has 2 aromatic rings. The maximum absolute atomic E-state index is 11.1. The molecule has 0 amide bonds. The number of hydrogen-bond acceptors (Lipinski definition) is 3. The van der Waals surface area contributed by atoms with Crippen LogP contribution in [-0.2, 0) is 25.3 Å². The minimum Gasteiger partial charge on any atom is -0.387 e. The Kier molecular flexibility index (Phi) is 3.59. The van der Waals surface area contributed by atoms with Crippen LogP contribution >= 0.6 is 0 Å². The van der Waals surface area contributed by atoms with Crippen LogP contribution in [0.15, 0.2) is 30.5 Å². The van der Waals surface area contributed by atoms with Gasteiger partial charge in [-0.25, -0.2) is 0 Å². The van der Waals surface area contributed by atoms with E-state index < -0.39 is 6.10 Å². The fourth-order valence-electron chi connectivity index (χ4n) is 3.68. The maximum atomic E-state index is 11.1. The smallest absolute Gasteiger partial charge is 0.0932 e. The summed E-state index contributed by atoms with van der Waals surface area (Å²) in [5.74, 6) is 0. The number of rotatable bonds is 4. The summed E-state index contributed by atoms with van der Waals surface area (Å²) in [6.07, 6.45) is 4.01. The molecule has 21 heavy (non-hydrogen) atoms. The molecule has 2 unspecified atom stereocenters. The van der Waals surface area contributed by atoms with Crippen molar-refractivity contribution >= 4 is 0 Å². The predicted octanol–water partition coefficient (Wildman–Crippen LogP) is 1.86. The fraction of sp³-hybridized carbons (Fsp3) is 0.471. The molecular weight excluding hydrogens is 262 g/mol. The van der Waals surface area contributed by atoms with Gasteiger partial charge in [0.05, 0.1) is 11.8 Å². The molecule has 1 aliphatic carbocycles. The van der Waals surface area contributed by atoms with Crippen LogP contribution in [0, 0.1) is 0 Å². The first-order chi connectivity index (χ1) is 10.1. The summed E-state index contributed by atoms with van der Waals surface area (Å²) in [6, 6.07) is 8.34. The van der Waals surface area contributed by atoms with Gasteiger partial charge in [-0.2, -0.15) is 5.10 Å². The van der Waals surface area contributed by atoms with Crippen molar-refractivity contribution in [3.8, 4) is 0 Å². The summed E-state index contributed by atoms with van der Waals surface area (Å²) in [5, 5.41) is 15.6. The zero-order valence-electron chi connectivity index (χ0n) is 12.7. The van der Waals surface area contributed by atoms with E-state index in [2.05, 4.69) is 30.2 Å². The van der Waals surface area contributed by atoms with Crippen LogP contribution in [0.2, 0.25) is 0 Å². The third kappa shape index (κ3) is 2.10. The first-order valence-corrected chi connectivity index (χ1v) is 7.61. The Bertz CT molecular complexity index is 649. The molecular formula is C17H23N3O. The number of aromatic nitrogens is 2. The largest absolute Gasteiger partial charge is 0.387 e. The third-order valence-electron chi connectivity index (χ3n) is 4.85. The van der Waals surface area contributed by atoms with Crippen LogP contribution in [0.25, 0.3) is 0 Å². The van der Waals surface area contributed by atoms with Gasteiger partial charge in [0.25, 0.3) is 0 Å². The molecule has 3 rings (SSSR count). The van der Waals surface area contributed by atoms with Crippen molar-refractivity contribution < 1.29 is 5.11 Å². The number of benzene rings is 1. The van der Waals surface area contributed by atoms with E-state index in [9.17, 15) is 5.11 Å². The fourth-order valence-corrected chi connectivity index (χ4v) is 3.68. The van der Waals surface area contributed by atoms with Crippen LogP contribution in [-0.4, -0.2) is 21.4 Å². The number of fused-ring (bicyclic) bond motifs is 1. The van der Waals surface area contributed by atoms with E-state index in [0.29, 0.717) is 6.54 Å². The van der Waals surface area contributed by atoms with Gasteiger partial charge >= 0.3 is 0 Å². The van der Waals surface area contributed by atoms with Gasteiger partial charge in [-0.3, -0.25) is 4.68 Å². The lowest BCUT2D eigenvalue weighted by molar-refractivity contribution is 0.0832. The van der Waals surface area contributed by atoms with Gasteiger partial charge in [0, 0.05) is 30.8 Å². The third-order valence-corrected chi connectivity index (χ3v) is 4.85. The molecule has 0 spiro atoms. The van der Waals surface area contributed by atoms with E-state index in [1.165, 1.54) is 11.1 Å². The van der Waals surface area contributed by atoms with Gasteiger partial charge in [-0.05, 0) is 30.4 Å². The molecule has 3 N–H and O–H groups in total. The second-order valence-corrected chi connectivity index (χ2v) is 5.98. The summed E-state index contributed by atoms with van der Waals surface area (Å²) in [5.41, 5.74) is 10.1. The lowest BCUT2D eigenvalue weighted by atomic mass is 9.74. The zero-order chi connectivity index (χ0) is 15.0. The number of aliphatic hydroxyl groups excluding tert-OH is 1. The molecule has 0 saturated heterocycles. The summed E-state index contributed by atoms with van der Waals surface area (Å²) in [7, 11) is 1.90. The summed E-state index contributed by atoms with van der Waals surface area (Å²) in [4.78, 5) is 0. The van der Waals surface area contributed by atoms with Gasteiger partial charge in [-0.15, -0.1) is 0 Å². The first kappa shape index (κ1) is 14.3. The number of nitrogens with two attached hydrogens (primary N) is 1. The molecule has 2 atom stereocenters. The summed E-state index contributed by atoms with van der Waals surface area (Å²) < 4.78 is 1.78. The first-order valence-electron chi connectivity index (χ1n) is 7.61. The van der Waals surface area contributed by atoms with Crippen molar-refractivity contribution in [3.63, 3.8) is 0 Å². The highest BCUT2D eigenvalue weighted by molar-refractivity contribution is 5.43. The molecule has 0 fully saturated rings. The van der Waals surface area contributed by atoms with Gasteiger partial charge in [-0.1, -0.05) is 31.2 Å². The molecule has 4 heteroatoms. The average molecular weight is 285 g/mol. The Balaban J connectivity index is 2.08. The van der Waals surface area contributed by atoms with Crippen LogP contribution in [0.4, 0.5) is 0 Å². The molecule has 0 saturated carbocycles. The molecule has 1 aliphatic rings. The van der Waals surface area contributed by atoms with Crippen molar-refractivity contribution in [3.05, 3.63) is 52.8 Å². The maximum Gasteiger partial charge on any atom is 0.0932 e. The van der Waals surface area contributed by atoms with E-state index in [4.69, 9.17) is 5.73 Å². The molecule has 112 valence electrons. The van der Waals surface area contributed by atoms with Crippen molar-refractivity contribution in [1.82, 2.24) is 9.78 Å². The summed E-state index contributed by atoms with van der Waals surface area (Å²) in [6.45, 7) is 2.51. The van der Waals surface area contributed by atoms with Crippen LogP contribution in [0.5, 0.6) is 0 Å². The Morgan fingerprint density at radius 1 is 1.43 bits per heavy atom. The number of aliphatic hydroxyl groups is 1. The highest BCUT2D eigenvalue weighted by atomic mass is 16.3. The van der Waals surface area contributed by atoms with Crippen molar-refractivity contribution in [2.24, 2.45) is 12.8 Å². The van der Waals surface area contributed by atoms with E-state index >= 15 is 0 Å². The Morgan fingerprint density at radius 3 is 2.90 bits per heavy atom. The molecule has 1 heterocycles. The molecule has 0 radical (unpaired) electrons. The topological polar surface area (TPSA) is 64.1 Å². The Labute approximate surface area is 125 Å². The number of aryl methyl sites for hydroxylation is 3. The molecule has 4 nitrogen and oxygen atoms in total. The number of hydrogen-bond donors (Lipinski definition) is 2. The second kappa shape index (κ2) is 5.28. The standard InChI is InChI=1S/C17H23N3O/c1-3-15-13(10-20(2)19-15)16(21)17(11-18)9-8-12-6-4-5-7-14(12)17/h4-7,10,16,21H,3,8-9,11,18H2,1-2H3. The molecule has 0 aliphatic heterocycles. The molecule has 1 aromatic carbocycles. The highest BCUT2D eigenvalue weighted by Crippen LogP contribution is 2.47. The normalized spacial score (nSPS) is 22.3. The lowest BCUT2D eigenvalue weighted by Gasteiger charge is -2.34. The van der Waals surface area contributed by atoms with Gasteiger partial charge in [0.15, 0.2) is 0 Å². The van der Waals surface area contributed by atoms with E-state index in [1.807, 2.05) is 19.3 Å². The van der Waals surface area contributed by atoms with Gasteiger partial charge in [0.2, 0.25) is 0 Å². The SMILES string of the molecule is CCc1nn(C)cc1C(O)C1(CN)CCc2ccccc21. The molecule has 1 aromatic heterocycles. The van der Waals surface area contributed by atoms with Crippen LogP contribution in [0.3, 0.4) is 0 Å². The average Bonchev–Trinajstić information content (AvgIpc) is 3.07. The van der Waals surface area contributed by atoms with Crippen molar-refractivity contribution in [1.29, 1.82) is 0 Å². The van der Waals surface area contributed by atoms with Crippen molar-refractivity contribution in [2.75, 3.05) is 6.54 Å². The zero-order valence-corrected chi connectivity index (χ0v) is 12.7. The van der Waals surface area contributed by atoms with Crippen molar-refractivity contribution in [2.45, 2.75) is 37.7 Å². The minimum atomic E-state index is -0.602. The quantitative estimate of drug-likeness (QED) is 0.901. The van der Waals surface area contributed by atoms with Gasteiger partial charge in [0.1, 0.15) is 0 Å². The number of nitrogens with zero attached hydrogens (tertiary/aromatic N) is 2. The Hall–Kier alpha value is -1.65.